The Labute approximate surface area is 181 Å². The van der Waals surface area contributed by atoms with Crippen LogP contribution in [-0.4, -0.2) is 37.2 Å². The zero-order valence-electron chi connectivity index (χ0n) is 18.4. The summed E-state index contributed by atoms with van der Waals surface area (Å²) in [5.41, 5.74) is 1.44. The lowest BCUT2D eigenvalue weighted by Gasteiger charge is -2.43. The molecular formula is C23H31F2N3O3. The van der Waals surface area contributed by atoms with Crippen LogP contribution in [0.2, 0.25) is 0 Å². The highest BCUT2D eigenvalue weighted by atomic mass is 19.1. The molecule has 0 aliphatic carbocycles. The molecule has 3 rings (SSSR count). The highest BCUT2D eigenvalue weighted by Crippen LogP contribution is 2.33. The SMILES string of the molecule is CC1=C(CC(=O)N[C@@H](C)c2ccc(F)cc2F)C(=O)NC2CCNC(OCC(C)C)C12. The molecule has 1 aromatic carbocycles. The molecule has 1 fully saturated rings. The van der Waals surface area contributed by atoms with Gasteiger partial charge in [0.05, 0.1) is 19.1 Å². The second-order valence-corrected chi connectivity index (χ2v) is 8.79. The predicted molar refractivity (Wildman–Crippen MR) is 113 cm³/mol. The number of carbonyl (C=O) groups is 2. The average molecular weight is 436 g/mol. The topological polar surface area (TPSA) is 79.5 Å². The van der Waals surface area contributed by atoms with E-state index in [1.165, 1.54) is 6.07 Å². The fourth-order valence-corrected chi connectivity index (χ4v) is 4.29. The third-order valence-corrected chi connectivity index (χ3v) is 5.88. The van der Waals surface area contributed by atoms with Crippen molar-refractivity contribution in [1.82, 2.24) is 16.0 Å². The van der Waals surface area contributed by atoms with Crippen molar-refractivity contribution < 1.29 is 23.1 Å². The molecule has 6 nitrogen and oxygen atoms in total. The van der Waals surface area contributed by atoms with Gasteiger partial charge in [0.15, 0.2) is 0 Å². The molecule has 0 spiro atoms. The van der Waals surface area contributed by atoms with Crippen LogP contribution < -0.4 is 16.0 Å². The highest BCUT2D eigenvalue weighted by Gasteiger charge is 2.41. The van der Waals surface area contributed by atoms with E-state index in [-0.39, 0.29) is 36.1 Å². The lowest BCUT2D eigenvalue weighted by molar-refractivity contribution is -0.125. The lowest BCUT2D eigenvalue weighted by Crippen LogP contribution is -2.59. The Bertz CT molecular complexity index is 872. The largest absolute Gasteiger partial charge is 0.362 e. The monoisotopic (exact) mass is 435 g/mol. The van der Waals surface area contributed by atoms with E-state index in [4.69, 9.17) is 4.74 Å². The van der Waals surface area contributed by atoms with Gasteiger partial charge in [-0.05, 0) is 38.8 Å². The summed E-state index contributed by atoms with van der Waals surface area (Å²) >= 11 is 0. The van der Waals surface area contributed by atoms with Crippen LogP contribution in [0.25, 0.3) is 0 Å². The van der Waals surface area contributed by atoms with E-state index in [9.17, 15) is 18.4 Å². The first-order valence-corrected chi connectivity index (χ1v) is 10.8. The molecule has 31 heavy (non-hydrogen) atoms. The molecule has 8 heteroatoms. The van der Waals surface area contributed by atoms with Gasteiger partial charge in [-0.1, -0.05) is 25.5 Å². The molecule has 2 heterocycles. The van der Waals surface area contributed by atoms with E-state index < -0.39 is 23.6 Å². The molecule has 3 unspecified atom stereocenters. The van der Waals surface area contributed by atoms with Crippen LogP contribution in [0.5, 0.6) is 0 Å². The number of piperidine rings is 1. The number of amides is 2. The molecule has 0 aromatic heterocycles. The van der Waals surface area contributed by atoms with E-state index in [0.717, 1.165) is 30.7 Å². The molecule has 2 amide bonds. The Morgan fingerprint density at radius 1 is 1.29 bits per heavy atom. The molecule has 1 saturated heterocycles. The van der Waals surface area contributed by atoms with E-state index in [0.29, 0.717) is 18.1 Å². The Hall–Kier alpha value is -2.32. The maximum absolute atomic E-state index is 14.0. The van der Waals surface area contributed by atoms with Crippen LogP contribution in [0, 0.1) is 23.5 Å². The number of hydrogen-bond acceptors (Lipinski definition) is 4. The van der Waals surface area contributed by atoms with Crippen LogP contribution >= 0.6 is 0 Å². The second-order valence-electron chi connectivity index (χ2n) is 8.79. The van der Waals surface area contributed by atoms with Gasteiger partial charge in [0, 0.05) is 29.2 Å². The number of halogens is 2. The third kappa shape index (κ3) is 5.49. The molecule has 1 aromatic rings. The van der Waals surface area contributed by atoms with Gasteiger partial charge in [0.1, 0.15) is 17.9 Å². The maximum Gasteiger partial charge on any atom is 0.247 e. The fourth-order valence-electron chi connectivity index (χ4n) is 4.29. The molecule has 2 aliphatic rings. The fraction of sp³-hybridized carbons (Fsp3) is 0.565. The smallest absolute Gasteiger partial charge is 0.247 e. The lowest BCUT2D eigenvalue weighted by atomic mass is 9.79. The summed E-state index contributed by atoms with van der Waals surface area (Å²) in [7, 11) is 0. The molecule has 170 valence electrons. The van der Waals surface area contributed by atoms with E-state index in [1.54, 1.807) is 6.92 Å². The summed E-state index contributed by atoms with van der Waals surface area (Å²) in [5, 5.41) is 9.11. The van der Waals surface area contributed by atoms with Gasteiger partial charge in [-0.3, -0.25) is 14.9 Å². The normalized spacial score (nSPS) is 24.6. The van der Waals surface area contributed by atoms with Gasteiger partial charge in [0.2, 0.25) is 11.8 Å². The van der Waals surface area contributed by atoms with Crippen LogP contribution in [0.3, 0.4) is 0 Å². The summed E-state index contributed by atoms with van der Waals surface area (Å²) in [6, 6.07) is 2.54. The Kier molecular flexibility index (Phi) is 7.43. The first kappa shape index (κ1) is 23.3. The van der Waals surface area contributed by atoms with Gasteiger partial charge in [0.25, 0.3) is 0 Å². The Morgan fingerprint density at radius 3 is 2.71 bits per heavy atom. The summed E-state index contributed by atoms with van der Waals surface area (Å²) < 4.78 is 33.2. The van der Waals surface area contributed by atoms with Gasteiger partial charge < -0.3 is 15.4 Å². The molecule has 0 saturated carbocycles. The minimum atomic E-state index is -0.722. The van der Waals surface area contributed by atoms with E-state index >= 15 is 0 Å². The molecule has 0 bridgehead atoms. The van der Waals surface area contributed by atoms with Crippen molar-refractivity contribution >= 4 is 11.8 Å². The minimum absolute atomic E-state index is 0.0371. The maximum atomic E-state index is 14.0. The number of rotatable bonds is 7. The number of nitrogens with one attached hydrogen (secondary N) is 3. The second kappa shape index (κ2) is 9.87. The van der Waals surface area contributed by atoms with Crippen molar-refractivity contribution in [3.8, 4) is 0 Å². The standard InChI is InChI=1S/C23H31F2N3O3/c1-12(2)11-31-23-21-13(3)17(22(30)28-19(21)7-8-26-23)10-20(29)27-14(4)16-6-5-15(24)9-18(16)25/h5-6,9,12,14,19,21,23,26H,7-8,10-11H2,1-4H3,(H,27,29)(H,28,30)/t14-,19?,21?,23?/m0/s1. The van der Waals surface area contributed by atoms with Gasteiger partial charge in [-0.25, -0.2) is 8.78 Å². The zero-order chi connectivity index (χ0) is 22.7. The van der Waals surface area contributed by atoms with Crippen LogP contribution in [0.1, 0.15) is 52.1 Å². The van der Waals surface area contributed by atoms with Crippen molar-refractivity contribution in [1.29, 1.82) is 0 Å². The summed E-state index contributed by atoms with van der Waals surface area (Å²) in [4.78, 5) is 25.4. The summed E-state index contributed by atoms with van der Waals surface area (Å²) in [5.74, 6) is -1.73. The molecule has 4 atom stereocenters. The van der Waals surface area contributed by atoms with Crippen LogP contribution in [0.4, 0.5) is 8.78 Å². The predicted octanol–water partition coefficient (Wildman–Crippen LogP) is 2.96. The Morgan fingerprint density at radius 2 is 2.03 bits per heavy atom. The van der Waals surface area contributed by atoms with Gasteiger partial charge in [-0.2, -0.15) is 0 Å². The summed E-state index contributed by atoms with van der Waals surface area (Å²) in [6.07, 6.45) is 0.438. The zero-order valence-corrected chi connectivity index (χ0v) is 18.4. The van der Waals surface area contributed by atoms with Gasteiger partial charge >= 0.3 is 0 Å². The number of fused-ring (bicyclic) bond motifs is 1. The molecule has 2 aliphatic heterocycles. The molecule has 3 N–H and O–H groups in total. The van der Waals surface area contributed by atoms with Crippen LogP contribution in [0.15, 0.2) is 29.3 Å². The average Bonchev–Trinajstić information content (AvgIpc) is 2.69. The van der Waals surface area contributed by atoms with E-state index in [1.807, 2.05) is 6.92 Å². The van der Waals surface area contributed by atoms with Crippen molar-refractivity contribution in [2.45, 2.75) is 58.8 Å². The van der Waals surface area contributed by atoms with Crippen LogP contribution in [-0.2, 0) is 14.3 Å². The van der Waals surface area contributed by atoms with Crippen molar-refractivity contribution in [2.75, 3.05) is 13.2 Å². The van der Waals surface area contributed by atoms with Crippen molar-refractivity contribution in [3.63, 3.8) is 0 Å². The third-order valence-electron chi connectivity index (χ3n) is 5.88. The number of ether oxygens (including phenoxy) is 1. The first-order chi connectivity index (χ1) is 14.7. The Balaban J connectivity index is 1.73. The number of benzene rings is 1. The van der Waals surface area contributed by atoms with Gasteiger partial charge in [-0.15, -0.1) is 0 Å². The number of hydrogen-bond donors (Lipinski definition) is 3. The van der Waals surface area contributed by atoms with Crippen molar-refractivity contribution in [2.24, 2.45) is 11.8 Å². The minimum Gasteiger partial charge on any atom is -0.362 e. The first-order valence-electron chi connectivity index (χ1n) is 10.8. The molecule has 0 radical (unpaired) electrons. The van der Waals surface area contributed by atoms with Crippen molar-refractivity contribution in [3.05, 3.63) is 46.5 Å². The number of carbonyl (C=O) groups excluding carboxylic acids is 2. The quantitative estimate of drug-likeness (QED) is 0.615. The highest BCUT2D eigenvalue weighted by molar-refractivity contribution is 6.00. The molecular weight excluding hydrogens is 404 g/mol. The van der Waals surface area contributed by atoms with E-state index in [2.05, 4.69) is 29.8 Å². The summed E-state index contributed by atoms with van der Waals surface area (Å²) in [6.45, 7) is 8.99.